The Kier molecular flexibility index (Phi) is 4.83. The summed E-state index contributed by atoms with van der Waals surface area (Å²) in [7, 11) is 0. The van der Waals surface area contributed by atoms with Gasteiger partial charge >= 0.3 is 0 Å². The highest BCUT2D eigenvalue weighted by Gasteiger charge is 2.27. The van der Waals surface area contributed by atoms with Crippen molar-refractivity contribution in [1.82, 2.24) is 4.90 Å². The van der Waals surface area contributed by atoms with Crippen LogP contribution >= 0.6 is 0 Å². The third kappa shape index (κ3) is 3.09. The number of ether oxygens (including phenoxy) is 1. The molecule has 1 amide bonds. The van der Waals surface area contributed by atoms with Gasteiger partial charge in [-0.05, 0) is 44.7 Å². The van der Waals surface area contributed by atoms with Gasteiger partial charge in [0.1, 0.15) is 5.75 Å². The molecule has 1 aromatic carbocycles. The van der Waals surface area contributed by atoms with Crippen LogP contribution in [0.5, 0.6) is 5.75 Å². The van der Waals surface area contributed by atoms with Crippen LogP contribution in [0.15, 0.2) is 24.3 Å². The Labute approximate surface area is 115 Å². The van der Waals surface area contributed by atoms with Gasteiger partial charge in [0.15, 0.2) is 0 Å². The Balaban J connectivity index is 2.22. The molecule has 0 aliphatic carbocycles. The van der Waals surface area contributed by atoms with Crippen LogP contribution in [0, 0.1) is 0 Å². The number of rotatable bonds is 4. The standard InChI is InChI=1S/C16H23NO2/c1-3-13-9-7-8-12-17(13)16(18)14-10-5-6-11-15(14)19-4-2/h5-6,10-11,13H,3-4,7-9,12H2,1-2H3/t13-/m1/s1. The molecule has 3 nitrogen and oxygen atoms in total. The lowest BCUT2D eigenvalue weighted by Crippen LogP contribution is -2.43. The Morgan fingerprint density at radius 1 is 1.32 bits per heavy atom. The normalized spacial score (nSPS) is 19.3. The molecule has 1 fully saturated rings. The largest absolute Gasteiger partial charge is 0.493 e. The lowest BCUT2D eigenvalue weighted by Gasteiger charge is -2.35. The van der Waals surface area contributed by atoms with E-state index in [9.17, 15) is 4.79 Å². The fourth-order valence-corrected chi connectivity index (χ4v) is 2.77. The van der Waals surface area contributed by atoms with Gasteiger partial charge in [-0.25, -0.2) is 0 Å². The summed E-state index contributed by atoms with van der Waals surface area (Å²) in [6.07, 6.45) is 4.50. The van der Waals surface area contributed by atoms with Gasteiger partial charge < -0.3 is 9.64 Å². The summed E-state index contributed by atoms with van der Waals surface area (Å²) in [5, 5.41) is 0. The fraction of sp³-hybridized carbons (Fsp3) is 0.562. The number of nitrogens with zero attached hydrogens (tertiary/aromatic N) is 1. The van der Waals surface area contributed by atoms with Crippen molar-refractivity contribution in [3.05, 3.63) is 29.8 Å². The van der Waals surface area contributed by atoms with Crippen LogP contribution in [0.2, 0.25) is 0 Å². The van der Waals surface area contributed by atoms with E-state index in [2.05, 4.69) is 6.92 Å². The Morgan fingerprint density at radius 3 is 2.84 bits per heavy atom. The zero-order chi connectivity index (χ0) is 13.7. The maximum atomic E-state index is 12.7. The van der Waals surface area contributed by atoms with Crippen molar-refractivity contribution in [2.75, 3.05) is 13.2 Å². The molecule has 1 aliphatic rings. The zero-order valence-corrected chi connectivity index (χ0v) is 11.9. The van der Waals surface area contributed by atoms with Gasteiger partial charge in [-0.2, -0.15) is 0 Å². The van der Waals surface area contributed by atoms with Crippen molar-refractivity contribution in [3.8, 4) is 5.75 Å². The predicted molar refractivity (Wildman–Crippen MR) is 76.6 cm³/mol. The van der Waals surface area contributed by atoms with Crippen LogP contribution in [-0.2, 0) is 0 Å². The molecule has 1 saturated heterocycles. The van der Waals surface area contributed by atoms with Gasteiger partial charge in [0, 0.05) is 12.6 Å². The molecule has 0 N–H and O–H groups in total. The zero-order valence-electron chi connectivity index (χ0n) is 11.9. The molecule has 104 valence electrons. The highest BCUT2D eigenvalue weighted by molar-refractivity contribution is 5.97. The third-order valence-electron chi connectivity index (χ3n) is 3.78. The summed E-state index contributed by atoms with van der Waals surface area (Å²) < 4.78 is 5.57. The van der Waals surface area contributed by atoms with E-state index in [1.54, 1.807) is 0 Å². The molecule has 0 aromatic heterocycles. The number of hydrogen-bond donors (Lipinski definition) is 0. The molecule has 0 saturated carbocycles. The summed E-state index contributed by atoms with van der Waals surface area (Å²) in [6.45, 7) is 5.56. The number of carbonyl (C=O) groups excluding carboxylic acids is 1. The first-order valence-corrected chi connectivity index (χ1v) is 7.30. The maximum absolute atomic E-state index is 12.7. The molecular formula is C16H23NO2. The van der Waals surface area contributed by atoms with Gasteiger partial charge in [-0.3, -0.25) is 4.79 Å². The minimum Gasteiger partial charge on any atom is -0.493 e. The summed E-state index contributed by atoms with van der Waals surface area (Å²) in [6, 6.07) is 7.95. The van der Waals surface area contributed by atoms with E-state index < -0.39 is 0 Å². The van der Waals surface area contributed by atoms with Crippen molar-refractivity contribution in [2.45, 2.75) is 45.6 Å². The Bertz CT molecular complexity index is 431. The average Bonchev–Trinajstić information content (AvgIpc) is 2.47. The van der Waals surface area contributed by atoms with E-state index in [-0.39, 0.29) is 5.91 Å². The molecule has 0 radical (unpaired) electrons. The number of carbonyl (C=O) groups is 1. The van der Waals surface area contributed by atoms with E-state index >= 15 is 0 Å². The Hall–Kier alpha value is -1.51. The van der Waals surface area contributed by atoms with Crippen molar-refractivity contribution in [2.24, 2.45) is 0 Å². The second kappa shape index (κ2) is 6.60. The highest BCUT2D eigenvalue weighted by Crippen LogP contribution is 2.25. The summed E-state index contributed by atoms with van der Waals surface area (Å²) in [4.78, 5) is 14.7. The molecular weight excluding hydrogens is 238 g/mol. The van der Waals surface area contributed by atoms with Crippen LogP contribution in [0.25, 0.3) is 0 Å². The van der Waals surface area contributed by atoms with Crippen molar-refractivity contribution >= 4 is 5.91 Å². The lowest BCUT2D eigenvalue weighted by molar-refractivity contribution is 0.0604. The van der Waals surface area contributed by atoms with Gasteiger partial charge in [0.05, 0.1) is 12.2 Å². The van der Waals surface area contributed by atoms with Crippen LogP contribution in [0.3, 0.4) is 0 Å². The fourth-order valence-electron chi connectivity index (χ4n) is 2.77. The molecule has 0 bridgehead atoms. The molecule has 1 heterocycles. The second-order valence-corrected chi connectivity index (χ2v) is 4.99. The minimum absolute atomic E-state index is 0.121. The average molecular weight is 261 g/mol. The number of hydrogen-bond acceptors (Lipinski definition) is 2. The van der Waals surface area contributed by atoms with Gasteiger partial charge in [-0.1, -0.05) is 19.1 Å². The molecule has 1 aliphatic heterocycles. The summed E-state index contributed by atoms with van der Waals surface area (Å²) in [5.74, 6) is 0.825. The summed E-state index contributed by atoms with van der Waals surface area (Å²) >= 11 is 0. The van der Waals surface area contributed by atoms with Gasteiger partial charge in [0.2, 0.25) is 0 Å². The third-order valence-corrected chi connectivity index (χ3v) is 3.78. The first-order valence-electron chi connectivity index (χ1n) is 7.30. The highest BCUT2D eigenvalue weighted by atomic mass is 16.5. The second-order valence-electron chi connectivity index (χ2n) is 4.99. The SMILES string of the molecule is CCOc1ccccc1C(=O)N1CCCC[C@H]1CC. The Morgan fingerprint density at radius 2 is 2.11 bits per heavy atom. The maximum Gasteiger partial charge on any atom is 0.257 e. The number of benzene rings is 1. The number of amides is 1. The van der Waals surface area contributed by atoms with Crippen molar-refractivity contribution in [3.63, 3.8) is 0 Å². The van der Waals surface area contributed by atoms with E-state index in [0.29, 0.717) is 24.0 Å². The molecule has 2 rings (SSSR count). The number of piperidine rings is 1. The topological polar surface area (TPSA) is 29.5 Å². The number of para-hydroxylation sites is 1. The first kappa shape index (κ1) is 13.9. The monoisotopic (exact) mass is 261 g/mol. The quantitative estimate of drug-likeness (QED) is 0.830. The molecule has 1 aromatic rings. The van der Waals surface area contributed by atoms with Crippen molar-refractivity contribution in [1.29, 1.82) is 0 Å². The molecule has 1 atom stereocenters. The van der Waals surface area contributed by atoms with Crippen LogP contribution in [0.1, 0.15) is 49.9 Å². The summed E-state index contributed by atoms with van der Waals surface area (Å²) in [5.41, 5.74) is 0.699. The van der Waals surface area contributed by atoms with E-state index in [0.717, 1.165) is 25.8 Å². The van der Waals surface area contributed by atoms with Crippen LogP contribution < -0.4 is 4.74 Å². The minimum atomic E-state index is 0.121. The van der Waals surface area contributed by atoms with Gasteiger partial charge in [0.25, 0.3) is 5.91 Å². The number of likely N-dealkylation sites (tertiary alicyclic amines) is 1. The van der Waals surface area contributed by atoms with E-state index in [4.69, 9.17) is 4.74 Å². The molecule has 19 heavy (non-hydrogen) atoms. The molecule has 0 unspecified atom stereocenters. The predicted octanol–water partition coefficient (Wildman–Crippen LogP) is 3.49. The van der Waals surface area contributed by atoms with Crippen LogP contribution in [-0.4, -0.2) is 30.0 Å². The van der Waals surface area contributed by atoms with Crippen LogP contribution in [0.4, 0.5) is 0 Å². The lowest BCUT2D eigenvalue weighted by atomic mass is 9.98. The van der Waals surface area contributed by atoms with Gasteiger partial charge in [-0.15, -0.1) is 0 Å². The first-order chi connectivity index (χ1) is 9.27. The van der Waals surface area contributed by atoms with E-state index in [1.807, 2.05) is 36.1 Å². The smallest absolute Gasteiger partial charge is 0.257 e. The van der Waals surface area contributed by atoms with E-state index in [1.165, 1.54) is 6.42 Å². The molecule has 0 spiro atoms. The van der Waals surface area contributed by atoms with Crippen molar-refractivity contribution < 1.29 is 9.53 Å². The molecule has 3 heteroatoms.